The van der Waals surface area contributed by atoms with Crippen molar-refractivity contribution in [2.75, 3.05) is 24.5 Å². The largest absolute Gasteiger partial charge is 0.391 e. The Bertz CT molecular complexity index is 423. The Balaban J connectivity index is 1.97. The van der Waals surface area contributed by atoms with Gasteiger partial charge in [-0.3, -0.25) is 0 Å². The molecule has 106 valence electrons. The average molecular weight is 283 g/mol. The molecule has 1 aromatic rings. The lowest BCUT2D eigenvalue weighted by atomic mass is 10.1. The molecular weight excluding hydrogens is 260 g/mol. The molecule has 0 bridgehead atoms. The van der Waals surface area contributed by atoms with Gasteiger partial charge in [-0.15, -0.1) is 0 Å². The Morgan fingerprint density at radius 3 is 2.84 bits per heavy atom. The summed E-state index contributed by atoms with van der Waals surface area (Å²) in [6, 6.07) is 6.18. The van der Waals surface area contributed by atoms with Crippen molar-refractivity contribution < 1.29 is 5.11 Å². The highest BCUT2D eigenvalue weighted by Crippen LogP contribution is 2.26. The summed E-state index contributed by atoms with van der Waals surface area (Å²) in [6.07, 6.45) is 0.640. The molecule has 2 N–H and O–H groups in total. The molecule has 1 heterocycles. The summed E-state index contributed by atoms with van der Waals surface area (Å²) in [7, 11) is 0. The number of β-amino-alcohol motifs (C(OH)–C–C–N with tert-alkyl or cyclic N) is 1. The maximum atomic E-state index is 9.57. The third kappa shape index (κ3) is 4.10. The van der Waals surface area contributed by atoms with Crippen LogP contribution in [-0.4, -0.2) is 30.8 Å². The normalized spacial score (nSPS) is 19.4. The van der Waals surface area contributed by atoms with E-state index in [1.807, 2.05) is 6.07 Å². The molecule has 1 fully saturated rings. The Morgan fingerprint density at radius 1 is 1.47 bits per heavy atom. The van der Waals surface area contributed by atoms with Crippen molar-refractivity contribution in [3.05, 3.63) is 28.8 Å². The minimum atomic E-state index is -0.203. The van der Waals surface area contributed by atoms with E-state index >= 15 is 0 Å². The maximum Gasteiger partial charge on any atom is 0.0731 e. The van der Waals surface area contributed by atoms with Crippen molar-refractivity contribution in [2.45, 2.75) is 32.9 Å². The van der Waals surface area contributed by atoms with Gasteiger partial charge in [0, 0.05) is 30.3 Å². The molecule has 3 nitrogen and oxygen atoms in total. The molecule has 0 aromatic heterocycles. The topological polar surface area (TPSA) is 35.5 Å². The zero-order valence-electron chi connectivity index (χ0n) is 11.7. The molecule has 1 saturated heterocycles. The van der Waals surface area contributed by atoms with E-state index in [1.54, 1.807) is 0 Å². The molecule has 1 aliphatic rings. The van der Waals surface area contributed by atoms with Gasteiger partial charge in [-0.25, -0.2) is 0 Å². The average Bonchev–Trinajstić information content (AvgIpc) is 2.77. The van der Waals surface area contributed by atoms with Crippen molar-refractivity contribution in [3.63, 3.8) is 0 Å². The number of aliphatic hydroxyl groups excluding tert-OH is 1. The first-order chi connectivity index (χ1) is 9.06. The number of anilines is 1. The fourth-order valence-corrected chi connectivity index (χ4v) is 2.59. The molecule has 0 aliphatic carbocycles. The van der Waals surface area contributed by atoms with E-state index in [0.717, 1.165) is 42.3 Å². The molecule has 0 spiro atoms. The summed E-state index contributed by atoms with van der Waals surface area (Å²) >= 11 is 6.33. The quantitative estimate of drug-likeness (QED) is 0.872. The lowest BCUT2D eigenvalue weighted by molar-refractivity contribution is 0.198. The van der Waals surface area contributed by atoms with Crippen LogP contribution in [-0.2, 0) is 6.54 Å². The van der Waals surface area contributed by atoms with Crippen molar-refractivity contribution >= 4 is 17.3 Å². The Morgan fingerprint density at radius 2 is 2.26 bits per heavy atom. The second kappa shape index (κ2) is 6.60. The minimum Gasteiger partial charge on any atom is -0.391 e. The Labute approximate surface area is 120 Å². The molecule has 0 saturated carbocycles. The molecule has 4 heteroatoms. The van der Waals surface area contributed by atoms with Crippen LogP contribution in [0.3, 0.4) is 0 Å². The van der Waals surface area contributed by atoms with E-state index in [9.17, 15) is 5.11 Å². The smallest absolute Gasteiger partial charge is 0.0731 e. The minimum absolute atomic E-state index is 0.203. The molecule has 1 aliphatic heterocycles. The van der Waals surface area contributed by atoms with Gasteiger partial charge in [0.1, 0.15) is 0 Å². The van der Waals surface area contributed by atoms with Gasteiger partial charge < -0.3 is 15.3 Å². The van der Waals surface area contributed by atoms with Crippen molar-refractivity contribution in [3.8, 4) is 0 Å². The van der Waals surface area contributed by atoms with E-state index in [-0.39, 0.29) is 6.10 Å². The molecule has 0 radical (unpaired) electrons. The van der Waals surface area contributed by atoms with E-state index in [4.69, 9.17) is 11.6 Å². The number of halogens is 1. The van der Waals surface area contributed by atoms with Gasteiger partial charge in [0.2, 0.25) is 0 Å². The van der Waals surface area contributed by atoms with Crippen molar-refractivity contribution in [2.24, 2.45) is 5.92 Å². The molecule has 19 heavy (non-hydrogen) atoms. The highest BCUT2D eigenvalue weighted by Gasteiger charge is 2.20. The van der Waals surface area contributed by atoms with Crippen LogP contribution < -0.4 is 10.2 Å². The molecule has 1 atom stereocenters. The second-order valence-corrected chi connectivity index (χ2v) is 6.10. The van der Waals surface area contributed by atoms with Crippen LogP contribution in [0.2, 0.25) is 5.02 Å². The third-order valence-electron chi connectivity index (χ3n) is 3.43. The Hall–Kier alpha value is -0.770. The number of nitrogens with zero attached hydrogens (tertiary/aromatic N) is 1. The van der Waals surface area contributed by atoms with Gasteiger partial charge in [0.15, 0.2) is 0 Å². The van der Waals surface area contributed by atoms with E-state index in [2.05, 4.69) is 36.2 Å². The van der Waals surface area contributed by atoms with E-state index < -0.39 is 0 Å². The summed E-state index contributed by atoms with van der Waals surface area (Å²) in [6.45, 7) is 7.80. The number of rotatable bonds is 5. The molecule has 1 aromatic carbocycles. The van der Waals surface area contributed by atoms with Crippen LogP contribution in [0, 0.1) is 5.92 Å². The van der Waals surface area contributed by atoms with Crippen LogP contribution in [0.1, 0.15) is 25.8 Å². The zero-order valence-corrected chi connectivity index (χ0v) is 12.5. The number of aliphatic hydroxyl groups is 1. The van der Waals surface area contributed by atoms with Gasteiger partial charge in [0.05, 0.1) is 6.10 Å². The number of hydrogen-bond donors (Lipinski definition) is 2. The first-order valence-electron chi connectivity index (χ1n) is 6.98. The zero-order chi connectivity index (χ0) is 13.8. The third-order valence-corrected chi connectivity index (χ3v) is 3.79. The molecule has 1 unspecified atom stereocenters. The first kappa shape index (κ1) is 14.6. The Kier molecular flexibility index (Phi) is 5.08. The van der Waals surface area contributed by atoms with Gasteiger partial charge in [-0.05, 0) is 36.6 Å². The van der Waals surface area contributed by atoms with Crippen LogP contribution >= 0.6 is 11.6 Å². The lowest BCUT2D eigenvalue weighted by Crippen LogP contribution is -2.21. The highest BCUT2D eigenvalue weighted by molar-refractivity contribution is 6.31. The monoisotopic (exact) mass is 282 g/mol. The fourth-order valence-electron chi connectivity index (χ4n) is 2.35. The summed E-state index contributed by atoms with van der Waals surface area (Å²) in [5, 5.41) is 13.8. The van der Waals surface area contributed by atoms with Gasteiger partial charge in [0.25, 0.3) is 0 Å². The molecule has 0 amide bonds. The van der Waals surface area contributed by atoms with Crippen LogP contribution in [0.5, 0.6) is 0 Å². The highest BCUT2D eigenvalue weighted by atomic mass is 35.5. The predicted octanol–water partition coefficient (Wildman–Crippen LogP) is 2.66. The van der Waals surface area contributed by atoms with Crippen LogP contribution in [0.25, 0.3) is 0 Å². The maximum absolute atomic E-state index is 9.57. The van der Waals surface area contributed by atoms with Crippen LogP contribution in [0.15, 0.2) is 18.2 Å². The lowest BCUT2D eigenvalue weighted by Gasteiger charge is -2.19. The van der Waals surface area contributed by atoms with Crippen LogP contribution in [0.4, 0.5) is 5.69 Å². The molecular formula is C15H23ClN2O. The second-order valence-electron chi connectivity index (χ2n) is 5.69. The summed E-state index contributed by atoms with van der Waals surface area (Å²) in [5.74, 6) is 0.643. The number of hydrogen-bond acceptors (Lipinski definition) is 3. The number of benzene rings is 1. The van der Waals surface area contributed by atoms with Gasteiger partial charge in [-0.2, -0.15) is 0 Å². The summed E-state index contributed by atoms with van der Waals surface area (Å²) < 4.78 is 0. The van der Waals surface area contributed by atoms with Gasteiger partial charge >= 0.3 is 0 Å². The number of nitrogens with one attached hydrogen (secondary N) is 1. The SMILES string of the molecule is CC(C)CNCc1ccc(N2CCC(O)C2)cc1Cl. The molecule has 2 rings (SSSR count). The van der Waals surface area contributed by atoms with E-state index in [0.29, 0.717) is 12.5 Å². The summed E-state index contributed by atoms with van der Waals surface area (Å²) in [4.78, 5) is 2.18. The fraction of sp³-hybridized carbons (Fsp3) is 0.600. The van der Waals surface area contributed by atoms with Gasteiger partial charge in [-0.1, -0.05) is 31.5 Å². The standard InChI is InChI=1S/C15H23ClN2O/c1-11(2)8-17-9-12-3-4-13(7-15(12)16)18-6-5-14(19)10-18/h3-4,7,11,14,17,19H,5-6,8-10H2,1-2H3. The summed E-state index contributed by atoms with van der Waals surface area (Å²) in [5.41, 5.74) is 2.24. The van der Waals surface area contributed by atoms with Crippen molar-refractivity contribution in [1.82, 2.24) is 5.32 Å². The van der Waals surface area contributed by atoms with E-state index in [1.165, 1.54) is 0 Å². The van der Waals surface area contributed by atoms with Crippen molar-refractivity contribution in [1.29, 1.82) is 0 Å². The predicted molar refractivity (Wildman–Crippen MR) is 80.8 cm³/mol. The first-order valence-corrected chi connectivity index (χ1v) is 7.36.